The number of nitrogens with zero attached hydrogens (tertiary/aromatic N) is 2. The lowest BCUT2D eigenvalue weighted by Crippen LogP contribution is -2.58. The molecule has 3 rings (SSSR count). The average molecular weight is 347 g/mol. The zero-order chi connectivity index (χ0) is 17.9. The first-order valence-corrected chi connectivity index (χ1v) is 9.13. The van der Waals surface area contributed by atoms with Gasteiger partial charge in [-0.05, 0) is 59.9 Å². The molecule has 1 aliphatic heterocycles. The Hall–Kier alpha value is -1.53. The van der Waals surface area contributed by atoms with Crippen molar-refractivity contribution in [2.75, 3.05) is 0 Å². The minimum absolute atomic E-state index is 0.00872. The Morgan fingerprint density at radius 3 is 2.42 bits per heavy atom. The Bertz CT molecular complexity index is 860. The molecular weight excluding hydrogens is 322 g/mol. The molecule has 1 saturated heterocycles. The predicted molar refractivity (Wildman–Crippen MR) is 98.2 cm³/mol. The first kappa shape index (κ1) is 17.3. The highest BCUT2D eigenvalue weighted by Gasteiger charge is 2.39. The van der Waals surface area contributed by atoms with Crippen LogP contribution in [0.2, 0.25) is 0 Å². The summed E-state index contributed by atoms with van der Waals surface area (Å²) < 4.78 is 1.77. The highest BCUT2D eigenvalue weighted by molar-refractivity contribution is 7.20. The van der Waals surface area contributed by atoms with Crippen molar-refractivity contribution in [3.05, 3.63) is 27.1 Å². The second-order valence-electron chi connectivity index (χ2n) is 8.20. The largest absolute Gasteiger partial charge is 0.307 e. The van der Waals surface area contributed by atoms with Crippen LogP contribution in [-0.2, 0) is 0 Å². The van der Waals surface area contributed by atoms with Gasteiger partial charge in [0.15, 0.2) is 5.78 Å². The van der Waals surface area contributed by atoms with Crippen molar-refractivity contribution < 1.29 is 4.79 Å². The van der Waals surface area contributed by atoms with Gasteiger partial charge in [-0.2, -0.15) is 0 Å². The number of nitrogens with one attached hydrogen (secondary N) is 1. The number of fused-ring (bicyclic) bond motifs is 1. The van der Waals surface area contributed by atoms with Crippen molar-refractivity contribution in [3.63, 3.8) is 0 Å². The Morgan fingerprint density at radius 1 is 1.29 bits per heavy atom. The zero-order valence-electron chi connectivity index (χ0n) is 15.2. The molecule has 2 aromatic rings. The lowest BCUT2D eigenvalue weighted by atomic mass is 9.79. The number of aromatic nitrogens is 2. The van der Waals surface area contributed by atoms with E-state index >= 15 is 0 Å². The number of carbonyl (C=O) groups is 1. The normalized spacial score (nSPS) is 20.4. The van der Waals surface area contributed by atoms with E-state index < -0.39 is 0 Å². The summed E-state index contributed by atoms with van der Waals surface area (Å²) in [4.78, 5) is 30.7. The monoisotopic (exact) mass is 347 g/mol. The maximum Gasteiger partial charge on any atom is 0.262 e. The minimum Gasteiger partial charge on any atom is -0.307 e. The standard InChI is InChI=1S/C18H25N3O2S/c1-10-13-15(24-14(10)11(2)22)19-9-21(16(13)23)12-7-17(3,4)20-18(5,6)8-12/h9,12,20H,7-8H2,1-6H3. The number of Topliss-reactive ketones (excluding diaryl/α,β-unsaturated/α-hetero) is 1. The molecule has 0 saturated carbocycles. The number of carbonyl (C=O) groups excluding carboxylic acids is 1. The van der Waals surface area contributed by atoms with E-state index in [1.54, 1.807) is 10.9 Å². The van der Waals surface area contributed by atoms with E-state index in [0.717, 1.165) is 18.4 Å². The summed E-state index contributed by atoms with van der Waals surface area (Å²) in [5.74, 6) is -0.00872. The van der Waals surface area contributed by atoms with Gasteiger partial charge in [0.2, 0.25) is 0 Å². The summed E-state index contributed by atoms with van der Waals surface area (Å²) in [5.41, 5.74) is 0.644. The number of ketones is 1. The van der Waals surface area contributed by atoms with Crippen molar-refractivity contribution in [3.8, 4) is 0 Å². The van der Waals surface area contributed by atoms with Crippen LogP contribution < -0.4 is 10.9 Å². The molecule has 5 nitrogen and oxygen atoms in total. The van der Waals surface area contributed by atoms with E-state index in [-0.39, 0.29) is 28.5 Å². The van der Waals surface area contributed by atoms with Gasteiger partial charge in [0.1, 0.15) is 4.83 Å². The number of thiophene rings is 1. The molecule has 0 atom stereocenters. The Morgan fingerprint density at radius 2 is 1.88 bits per heavy atom. The third-order valence-electron chi connectivity index (χ3n) is 4.76. The molecule has 0 amide bonds. The Balaban J connectivity index is 2.14. The number of hydrogen-bond acceptors (Lipinski definition) is 5. The number of piperidine rings is 1. The molecule has 0 unspecified atom stereocenters. The van der Waals surface area contributed by atoms with Crippen molar-refractivity contribution in [2.45, 2.75) is 71.5 Å². The quantitative estimate of drug-likeness (QED) is 0.845. The fourth-order valence-corrected chi connectivity index (χ4v) is 5.23. The van der Waals surface area contributed by atoms with Gasteiger partial charge in [0.25, 0.3) is 5.56 Å². The van der Waals surface area contributed by atoms with Gasteiger partial charge < -0.3 is 5.32 Å². The molecule has 24 heavy (non-hydrogen) atoms. The molecule has 3 heterocycles. The average Bonchev–Trinajstić information content (AvgIpc) is 2.73. The van der Waals surface area contributed by atoms with Gasteiger partial charge in [0.05, 0.1) is 16.6 Å². The first-order chi connectivity index (χ1) is 11.0. The van der Waals surface area contributed by atoms with Crippen LogP contribution in [0.3, 0.4) is 0 Å². The van der Waals surface area contributed by atoms with Crippen LogP contribution >= 0.6 is 11.3 Å². The van der Waals surface area contributed by atoms with Crippen molar-refractivity contribution in [2.24, 2.45) is 0 Å². The maximum absolute atomic E-state index is 13.1. The van der Waals surface area contributed by atoms with Crippen LogP contribution in [0.25, 0.3) is 10.2 Å². The molecule has 6 heteroatoms. The zero-order valence-corrected chi connectivity index (χ0v) is 16.0. The second kappa shape index (κ2) is 5.49. The van der Waals surface area contributed by atoms with E-state index in [2.05, 4.69) is 38.0 Å². The summed E-state index contributed by atoms with van der Waals surface area (Å²) in [7, 11) is 0. The molecule has 0 aliphatic carbocycles. The molecule has 1 aliphatic rings. The third kappa shape index (κ3) is 2.93. The number of aryl methyl sites for hydroxylation is 1. The summed E-state index contributed by atoms with van der Waals surface area (Å²) in [6.07, 6.45) is 3.39. The van der Waals surface area contributed by atoms with Gasteiger partial charge in [-0.3, -0.25) is 14.2 Å². The molecule has 0 bridgehead atoms. The lowest BCUT2D eigenvalue weighted by molar-refractivity contribution is 0.102. The molecular formula is C18H25N3O2S. The van der Waals surface area contributed by atoms with Crippen molar-refractivity contribution in [1.29, 1.82) is 0 Å². The van der Waals surface area contributed by atoms with Gasteiger partial charge in [0, 0.05) is 17.1 Å². The molecule has 1 fully saturated rings. The summed E-state index contributed by atoms with van der Waals surface area (Å²) >= 11 is 1.31. The SMILES string of the molecule is CC(=O)c1sc2ncn(C3CC(C)(C)NC(C)(C)C3)c(=O)c2c1C. The third-order valence-corrected chi connectivity index (χ3v) is 6.06. The van der Waals surface area contributed by atoms with Gasteiger partial charge >= 0.3 is 0 Å². The van der Waals surface area contributed by atoms with Crippen LogP contribution in [0.1, 0.15) is 68.7 Å². The van der Waals surface area contributed by atoms with Gasteiger partial charge in [-0.15, -0.1) is 11.3 Å². The minimum atomic E-state index is -0.0466. The smallest absolute Gasteiger partial charge is 0.262 e. The van der Waals surface area contributed by atoms with Crippen molar-refractivity contribution >= 4 is 27.3 Å². The lowest BCUT2D eigenvalue weighted by Gasteiger charge is -2.46. The van der Waals surface area contributed by atoms with E-state index in [4.69, 9.17) is 0 Å². The summed E-state index contributed by atoms with van der Waals surface area (Å²) in [5, 5.41) is 4.24. The molecule has 130 valence electrons. The van der Waals surface area contributed by atoms with Crippen LogP contribution in [0.15, 0.2) is 11.1 Å². The highest BCUT2D eigenvalue weighted by atomic mass is 32.1. The fourth-order valence-electron chi connectivity index (χ4n) is 4.20. The van der Waals surface area contributed by atoms with E-state index in [0.29, 0.717) is 15.1 Å². The fraction of sp³-hybridized carbons (Fsp3) is 0.611. The van der Waals surface area contributed by atoms with Gasteiger partial charge in [-0.25, -0.2) is 4.98 Å². The topological polar surface area (TPSA) is 64.0 Å². The number of rotatable bonds is 2. The van der Waals surface area contributed by atoms with Crippen LogP contribution in [0.4, 0.5) is 0 Å². The highest BCUT2D eigenvalue weighted by Crippen LogP contribution is 2.36. The molecule has 0 aromatic carbocycles. The predicted octanol–water partition coefficient (Wildman–Crippen LogP) is 3.45. The van der Waals surface area contributed by atoms with Crippen LogP contribution in [0, 0.1) is 6.92 Å². The second-order valence-corrected chi connectivity index (χ2v) is 9.20. The van der Waals surface area contributed by atoms with Crippen LogP contribution in [0.5, 0.6) is 0 Å². The van der Waals surface area contributed by atoms with E-state index in [1.165, 1.54) is 18.3 Å². The molecule has 1 N–H and O–H groups in total. The Kier molecular flexibility index (Phi) is 3.96. The maximum atomic E-state index is 13.1. The van der Waals surface area contributed by atoms with Gasteiger partial charge in [-0.1, -0.05) is 0 Å². The summed E-state index contributed by atoms with van der Waals surface area (Å²) in [6, 6.07) is 0.0979. The van der Waals surface area contributed by atoms with Crippen LogP contribution in [-0.4, -0.2) is 26.4 Å². The van der Waals surface area contributed by atoms with E-state index in [9.17, 15) is 9.59 Å². The molecule has 0 radical (unpaired) electrons. The molecule has 2 aromatic heterocycles. The number of hydrogen-bond donors (Lipinski definition) is 1. The van der Waals surface area contributed by atoms with E-state index in [1.807, 2.05) is 6.92 Å². The summed E-state index contributed by atoms with van der Waals surface area (Å²) in [6.45, 7) is 12.1. The first-order valence-electron chi connectivity index (χ1n) is 8.31. The Labute approximate surface area is 146 Å². The van der Waals surface area contributed by atoms with Crippen molar-refractivity contribution in [1.82, 2.24) is 14.9 Å². The molecule has 0 spiro atoms.